The van der Waals surface area contributed by atoms with E-state index < -0.39 is 23.3 Å². The number of hydrogen-bond acceptors (Lipinski definition) is 10. The molecule has 43 heavy (non-hydrogen) atoms. The average Bonchev–Trinajstić information content (AvgIpc) is 3.74. The quantitative estimate of drug-likeness (QED) is 0.143. The summed E-state index contributed by atoms with van der Waals surface area (Å²) in [6.45, 7) is 19.3. The summed E-state index contributed by atoms with van der Waals surface area (Å²) in [6.07, 6.45) is 10.7. The van der Waals surface area contributed by atoms with Crippen LogP contribution in [0.1, 0.15) is 39.0 Å². The Bertz CT molecular complexity index is 1020. The zero-order valence-electron chi connectivity index (χ0n) is 25.0. The Hall–Kier alpha value is -3.95. The van der Waals surface area contributed by atoms with Gasteiger partial charge < -0.3 is 23.7 Å². The van der Waals surface area contributed by atoms with E-state index >= 15 is 0 Å². The average molecular weight is 601 g/mol. The first kappa shape index (κ1) is 35.2. The molecule has 10 heteroatoms. The minimum absolute atomic E-state index is 0.0802. The Morgan fingerprint density at radius 2 is 1.00 bits per heavy atom. The second-order valence-corrected chi connectivity index (χ2v) is 11.3. The Kier molecular flexibility index (Phi) is 14.1. The highest BCUT2D eigenvalue weighted by Gasteiger charge is 2.56. The van der Waals surface area contributed by atoms with Gasteiger partial charge in [-0.05, 0) is 67.6 Å². The van der Waals surface area contributed by atoms with E-state index in [-0.39, 0.29) is 31.8 Å². The second kappa shape index (κ2) is 17.2. The highest BCUT2D eigenvalue weighted by molar-refractivity contribution is 5.82. The van der Waals surface area contributed by atoms with Gasteiger partial charge in [-0.25, -0.2) is 24.0 Å². The lowest BCUT2D eigenvalue weighted by atomic mass is 9.76. The molecule has 236 valence electrons. The van der Waals surface area contributed by atoms with Crippen LogP contribution in [0.25, 0.3) is 0 Å². The predicted molar refractivity (Wildman–Crippen MR) is 158 cm³/mol. The van der Waals surface area contributed by atoms with E-state index in [9.17, 15) is 24.0 Å². The van der Waals surface area contributed by atoms with Crippen molar-refractivity contribution < 1.29 is 47.7 Å². The van der Waals surface area contributed by atoms with Crippen molar-refractivity contribution in [3.8, 4) is 0 Å². The van der Waals surface area contributed by atoms with Gasteiger partial charge in [0.05, 0.1) is 18.6 Å². The molecule has 6 unspecified atom stereocenters. The molecular formula is C33H44O10. The Balaban J connectivity index is 0.000000301. The number of carbonyl (C=O) groups is 5. The first-order valence-corrected chi connectivity index (χ1v) is 14.5. The van der Waals surface area contributed by atoms with E-state index in [4.69, 9.17) is 23.7 Å². The van der Waals surface area contributed by atoms with Crippen LogP contribution in [-0.4, -0.2) is 62.9 Å². The molecule has 3 rings (SSSR count). The summed E-state index contributed by atoms with van der Waals surface area (Å²) in [7, 11) is 0. The summed E-state index contributed by atoms with van der Waals surface area (Å²) in [5, 5.41) is 0. The van der Waals surface area contributed by atoms with Crippen molar-refractivity contribution in [2.45, 2.75) is 39.0 Å². The van der Waals surface area contributed by atoms with E-state index in [1.807, 2.05) is 0 Å². The molecule has 3 aliphatic rings. The molecule has 0 spiro atoms. The van der Waals surface area contributed by atoms with Crippen LogP contribution in [-0.2, 0) is 47.7 Å². The lowest BCUT2D eigenvalue weighted by molar-refractivity contribution is -0.156. The highest BCUT2D eigenvalue weighted by Crippen LogP contribution is 2.62. The minimum Gasteiger partial charge on any atom is -0.462 e. The fraction of sp³-hybridized carbons (Fsp3) is 0.545. The molecule has 0 heterocycles. The number of esters is 5. The van der Waals surface area contributed by atoms with E-state index in [2.05, 4.69) is 32.9 Å². The molecular weight excluding hydrogens is 556 g/mol. The summed E-state index contributed by atoms with van der Waals surface area (Å²) >= 11 is 0. The molecule has 3 fully saturated rings. The summed E-state index contributed by atoms with van der Waals surface area (Å²) in [5.41, 5.74) is -0.837. The lowest BCUT2D eigenvalue weighted by Gasteiger charge is -2.31. The van der Waals surface area contributed by atoms with Crippen LogP contribution in [0, 0.1) is 40.9 Å². The van der Waals surface area contributed by atoms with Crippen LogP contribution >= 0.6 is 0 Å². The molecule has 0 aromatic carbocycles. The molecule has 0 saturated heterocycles. The number of rotatable bonds is 16. The van der Waals surface area contributed by atoms with Crippen molar-refractivity contribution in [2.24, 2.45) is 40.9 Å². The maximum atomic E-state index is 11.2. The monoisotopic (exact) mass is 600 g/mol. The number of ether oxygens (including phenoxy) is 5. The predicted octanol–water partition coefficient (Wildman–Crippen LogP) is 4.31. The fourth-order valence-corrected chi connectivity index (χ4v) is 6.44. The maximum Gasteiger partial charge on any atom is 0.330 e. The molecule has 0 N–H and O–H groups in total. The van der Waals surface area contributed by atoms with Gasteiger partial charge in [0.25, 0.3) is 0 Å². The van der Waals surface area contributed by atoms with Gasteiger partial charge in [-0.15, -0.1) is 0 Å². The van der Waals surface area contributed by atoms with Crippen LogP contribution in [0.5, 0.6) is 0 Å². The van der Waals surface area contributed by atoms with Crippen molar-refractivity contribution in [1.29, 1.82) is 0 Å². The lowest BCUT2D eigenvalue weighted by Crippen LogP contribution is -2.38. The Labute approximate surface area is 253 Å². The van der Waals surface area contributed by atoms with Gasteiger partial charge in [0, 0.05) is 30.4 Å². The molecule has 0 aliphatic heterocycles. The molecule has 3 aliphatic carbocycles. The third kappa shape index (κ3) is 10.4. The Morgan fingerprint density at radius 1 is 0.581 bits per heavy atom. The van der Waals surface area contributed by atoms with Crippen molar-refractivity contribution in [3.05, 3.63) is 63.3 Å². The van der Waals surface area contributed by atoms with Gasteiger partial charge in [0.15, 0.2) is 0 Å². The van der Waals surface area contributed by atoms with Gasteiger partial charge in [0.1, 0.15) is 19.8 Å². The van der Waals surface area contributed by atoms with Gasteiger partial charge in [-0.3, -0.25) is 0 Å². The van der Waals surface area contributed by atoms with E-state index in [0.29, 0.717) is 37.4 Å². The first-order chi connectivity index (χ1) is 20.5. The Morgan fingerprint density at radius 3 is 1.44 bits per heavy atom. The van der Waals surface area contributed by atoms with E-state index in [0.717, 1.165) is 42.4 Å². The summed E-state index contributed by atoms with van der Waals surface area (Å²) in [5.74, 6) is 1.45. The zero-order chi connectivity index (χ0) is 32.0. The smallest absolute Gasteiger partial charge is 0.330 e. The van der Waals surface area contributed by atoms with Gasteiger partial charge in [0.2, 0.25) is 0 Å². The number of fused-ring (bicyclic) bond motifs is 5. The third-order valence-corrected chi connectivity index (χ3v) is 8.75. The molecule has 0 aromatic rings. The third-order valence-electron chi connectivity index (χ3n) is 8.75. The maximum absolute atomic E-state index is 11.2. The van der Waals surface area contributed by atoms with Crippen LogP contribution in [0.3, 0.4) is 0 Å². The fourth-order valence-electron chi connectivity index (χ4n) is 6.44. The molecule has 0 radical (unpaired) electrons. The largest absolute Gasteiger partial charge is 0.462 e. The number of carbonyl (C=O) groups excluding carboxylic acids is 5. The standard InChI is InChI=1S/C18H24O4.C15H20O6/c1-3-17(19)21-9-11-5-14-12-7-13(10-22-18(20)4-2)15(8-12)16(14)6-11;1-5-12(16)19-9-15(8-4,10-20-13(17)6-2)11-21-14(18)7-3/h3-4,11-16H,1-2,5-10H2;5-7H,1-3,8-11H2,4H3. The normalized spacial score (nSPS) is 24.6. The summed E-state index contributed by atoms with van der Waals surface area (Å²) in [6, 6.07) is 0. The molecule has 3 saturated carbocycles. The molecule has 6 atom stereocenters. The van der Waals surface area contributed by atoms with Crippen molar-refractivity contribution >= 4 is 29.8 Å². The molecule has 0 aromatic heterocycles. The first-order valence-electron chi connectivity index (χ1n) is 14.5. The SMILES string of the molecule is C=CC(=O)OCC(CC)(COC(=O)C=C)COC(=O)C=C.C=CC(=O)OCC1CC2C3CC(COC(=O)C=C)C(C3)C2C1. The molecule has 0 amide bonds. The van der Waals surface area contributed by atoms with Crippen LogP contribution in [0.4, 0.5) is 0 Å². The highest BCUT2D eigenvalue weighted by atomic mass is 16.6. The van der Waals surface area contributed by atoms with Gasteiger partial charge in [-0.1, -0.05) is 39.8 Å². The topological polar surface area (TPSA) is 132 Å². The molecule has 10 nitrogen and oxygen atoms in total. The van der Waals surface area contributed by atoms with Crippen molar-refractivity contribution in [1.82, 2.24) is 0 Å². The van der Waals surface area contributed by atoms with Gasteiger partial charge >= 0.3 is 29.8 Å². The second-order valence-electron chi connectivity index (χ2n) is 11.3. The van der Waals surface area contributed by atoms with Crippen LogP contribution in [0.2, 0.25) is 0 Å². The summed E-state index contributed by atoms with van der Waals surface area (Å²) < 4.78 is 25.4. The van der Waals surface area contributed by atoms with Crippen molar-refractivity contribution in [3.63, 3.8) is 0 Å². The van der Waals surface area contributed by atoms with Crippen LogP contribution < -0.4 is 0 Å². The van der Waals surface area contributed by atoms with Crippen LogP contribution in [0.15, 0.2) is 63.3 Å². The van der Waals surface area contributed by atoms with E-state index in [1.165, 1.54) is 31.4 Å². The minimum atomic E-state index is -0.837. The van der Waals surface area contributed by atoms with E-state index in [1.54, 1.807) is 6.92 Å². The van der Waals surface area contributed by atoms with Gasteiger partial charge in [-0.2, -0.15) is 0 Å². The zero-order valence-corrected chi connectivity index (χ0v) is 25.0. The number of hydrogen-bond donors (Lipinski definition) is 0. The molecule has 2 bridgehead atoms. The van der Waals surface area contributed by atoms with Crippen molar-refractivity contribution in [2.75, 3.05) is 33.0 Å². The summed E-state index contributed by atoms with van der Waals surface area (Å²) in [4.78, 5) is 55.9.